The normalized spacial score (nSPS) is 13.3. The standard InChI is InChI=1S/C31H23F2N3O/c1-35-19-26-25-14-24(32)15-27(33)30(25)36(18-23-16-34-29(28(23)26)31(35)37)17-22(21-10-6-3-7-11-21)13-12-20-8-4-2-5-9-20/h2-17,19,34H,18H2,1H3. The number of nitrogens with zero attached hydrogens (tertiary/aromatic N) is 2. The topological polar surface area (TPSA) is 41.0 Å². The van der Waals surface area contributed by atoms with E-state index in [0.29, 0.717) is 28.6 Å². The first-order chi connectivity index (χ1) is 18.0. The van der Waals surface area contributed by atoms with E-state index in [2.05, 4.69) is 4.98 Å². The largest absolute Gasteiger partial charge is 0.356 e. The summed E-state index contributed by atoms with van der Waals surface area (Å²) >= 11 is 0. The zero-order valence-electron chi connectivity index (χ0n) is 20.1. The number of aryl methyl sites for hydroxylation is 1. The maximum atomic E-state index is 15.6. The number of aromatic amines is 1. The maximum Gasteiger partial charge on any atom is 0.274 e. The number of hydrogen-bond acceptors (Lipinski definition) is 2. The Morgan fingerprint density at radius 3 is 2.46 bits per heavy atom. The van der Waals surface area contributed by atoms with Gasteiger partial charge in [-0.1, -0.05) is 72.8 Å². The van der Waals surface area contributed by atoms with E-state index in [1.54, 1.807) is 24.3 Å². The van der Waals surface area contributed by atoms with Gasteiger partial charge in [0.05, 0.1) is 5.69 Å². The molecular weight excluding hydrogens is 468 g/mol. The van der Waals surface area contributed by atoms with E-state index in [9.17, 15) is 9.18 Å². The SMILES string of the molecule is Cn1cc2c3c(c[nH]c3c1=O)CN(C=C(C=Cc1ccccc1)c1ccccc1)c1c(F)cc(F)cc1-2. The van der Waals surface area contributed by atoms with Crippen molar-refractivity contribution in [3.8, 4) is 11.1 Å². The number of allylic oxidation sites excluding steroid dienone is 2. The van der Waals surface area contributed by atoms with Crippen LogP contribution in [0.25, 0.3) is 33.7 Å². The van der Waals surface area contributed by atoms with Crippen LogP contribution >= 0.6 is 0 Å². The Hall–Kier alpha value is -4.71. The van der Waals surface area contributed by atoms with Crippen molar-refractivity contribution in [1.82, 2.24) is 9.55 Å². The minimum atomic E-state index is -0.673. The average molecular weight is 492 g/mol. The Morgan fingerprint density at radius 2 is 1.70 bits per heavy atom. The lowest BCUT2D eigenvalue weighted by atomic mass is 10.0. The van der Waals surface area contributed by atoms with Crippen LogP contribution in [0.5, 0.6) is 0 Å². The first-order valence-electron chi connectivity index (χ1n) is 12.0. The molecule has 0 aliphatic carbocycles. The number of halogens is 2. The van der Waals surface area contributed by atoms with E-state index in [1.165, 1.54) is 10.6 Å². The third-order valence-corrected chi connectivity index (χ3v) is 6.69. The molecule has 6 rings (SSSR count). The Balaban J connectivity index is 1.59. The highest BCUT2D eigenvalue weighted by atomic mass is 19.1. The van der Waals surface area contributed by atoms with Crippen molar-refractivity contribution >= 4 is 28.2 Å². The lowest BCUT2D eigenvalue weighted by molar-refractivity contribution is 0.583. The van der Waals surface area contributed by atoms with Crippen LogP contribution in [0.2, 0.25) is 0 Å². The molecule has 6 heteroatoms. The molecule has 0 saturated heterocycles. The van der Waals surface area contributed by atoms with Crippen LogP contribution in [0.3, 0.4) is 0 Å². The minimum Gasteiger partial charge on any atom is -0.356 e. The molecule has 3 heterocycles. The molecule has 0 saturated carbocycles. The number of H-pyrrole nitrogens is 1. The summed E-state index contributed by atoms with van der Waals surface area (Å²) in [5.74, 6) is -1.34. The Kier molecular flexibility index (Phi) is 5.57. The van der Waals surface area contributed by atoms with E-state index < -0.39 is 11.6 Å². The molecule has 2 aromatic heterocycles. The molecular formula is C31H23F2N3O. The molecule has 0 amide bonds. The third kappa shape index (κ3) is 4.06. The second-order valence-corrected chi connectivity index (χ2v) is 9.13. The van der Waals surface area contributed by atoms with Crippen LogP contribution < -0.4 is 10.5 Å². The van der Waals surface area contributed by atoms with Crippen LogP contribution in [0, 0.1) is 11.6 Å². The first kappa shape index (κ1) is 22.7. The molecule has 182 valence electrons. The van der Waals surface area contributed by atoms with Gasteiger partial charge in [0.2, 0.25) is 0 Å². The van der Waals surface area contributed by atoms with Crippen molar-refractivity contribution in [2.45, 2.75) is 6.54 Å². The monoisotopic (exact) mass is 491 g/mol. The van der Waals surface area contributed by atoms with E-state index in [-0.39, 0.29) is 11.2 Å². The van der Waals surface area contributed by atoms with Crippen LogP contribution in [-0.2, 0) is 13.6 Å². The lowest BCUT2D eigenvalue weighted by Crippen LogP contribution is -2.17. The summed E-state index contributed by atoms with van der Waals surface area (Å²) in [5, 5.41) is 0.686. The highest BCUT2D eigenvalue weighted by Crippen LogP contribution is 2.42. The van der Waals surface area contributed by atoms with Gasteiger partial charge in [0.25, 0.3) is 5.56 Å². The summed E-state index contributed by atoms with van der Waals surface area (Å²) in [6.45, 7) is 0.297. The number of anilines is 1. The van der Waals surface area contributed by atoms with Gasteiger partial charge < -0.3 is 14.5 Å². The molecule has 5 aromatic rings. The molecule has 1 aliphatic heterocycles. The van der Waals surface area contributed by atoms with E-state index >= 15 is 4.39 Å². The second-order valence-electron chi connectivity index (χ2n) is 9.13. The summed E-state index contributed by atoms with van der Waals surface area (Å²) in [4.78, 5) is 17.7. The zero-order chi connectivity index (χ0) is 25.5. The van der Waals surface area contributed by atoms with Crippen LogP contribution in [0.15, 0.2) is 102 Å². The molecule has 37 heavy (non-hydrogen) atoms. The number of pyridine rings is 1. The lowest BCUT2D eigenvalue weighted by Gasteiger charge is -2.23. The van der Waals surface area contributed by atoms with Crippen LogP contribution in [0.1, 0.15) is 16.7 Å². The van der Waals surface area contributed by atoms with Crippen molar-refractivity contribution < 1.29 is 8.78 Å². The van der Waals surface area contributed by atoms with E-state index in [0.717, 1.165) is 28.3 Å². The molecule has 0 radical (unpaired) electrons. The molecule has 0 atom stereocenters. The molecule has 3 aromatic carbocycles. The number of hydrogen-bond donors (Lipinski definition) is 1. The molecule has 0 fully saturated rings. The Morgan fingerprint density at radius 1 is 0.973 bits per heavy atom. The molecule has 1 N–H and O–H groups in total. The van der Waals surface area contributed by atoms with Gasteiger partial charge in [-0.2, -0.15) is 0 Å². The highest BCUT2D eigenvalue weighted by Gasteiger charge is 2.27. The van der Waals surface area contributed by atoms with Gasteiger partial charge in [0.1, 0.15) is 17.2 Å². The predicted octanol–water partition coefficient (Wildman–Crippen LogP) is 6.89. The fourth-order valence-corrected chi connectivity index (χ4v) is 4.96. The molecule has 4 nitrogen and oxygen atoms in total. The fourth-order valence-electron chi connectivity index (χ4n) is 4.96. The van der Waals surface area contributed by atoms with Gasteiger partial charge in [-0.3, -0.25) is 4.79 Å². The van der Waals surface area contributed by atoms with Gasteiger partial charge in [0, 0.05) is 54.8 Å². The predicted molar refractivity (Wildman–Crippen MR) is 145 cm³/mol. The van der Waals surface area contributed by atoms with Crippen LogP contribution in [0.4, 0.5) is 14.5 Å². The number of fused-ring (bicyclic) bond motifs is 2. The van der Waals surface area contributed by atoms with Crippen molar-refractivity contribution in [3.63, 3.8) is 0 Å². The summed E-state index contributed by atoms with van der Waals surface area (Å²) < 4.78 is 31.5. The van der Waals surface area contributed by atoms with Gasteiger partial charge >= 0.3 is 0 Å². The third-order valence-electron chi connectivity index (χ3n) is 6.69. The smallest absolute Gasteiger partial charge is 0.274 e. The quantitative estimate of drug-likeness (QED) is 0.278. The molecule has 0 spiro atoms. The molecule has 1 aliphatic rings. The number of benzene rings is 3. The summed E-state index contributed by atoms with van der Waals surface area (Å²) in [6.07, 6.45) is 9.31. The maximum absolute atomic E-state index is 15.6. The summed E-state index contributed by atoms with van der Waals surface area (Å²) in [5.41, 5.74) is 5.16. The van der Waals surface area contributed by atoms with Gasteiger partial charge in [-0.25, -0.2) is 8.78 Å². The van der Waals surface area contributed by atoms with Crippen molar-refractivity contribution in [3.05, 3.63) is 136 Å². The average Bonchev–Trinajstić information content (AvgIpc) is 3.27. The Labute approximate surface area is 212 Å². The fraction of sp³-hybridized carbons (Fsp3) is 0.0645. The van der Waals surface area contributed by atoms with Gasteiger partial charge in [0.15, 0.2) is 0 Å². The summed E-state index contributed by atoms with van der Waals surface area (Å²) in [7, 11) is 1.64. The van der Waals surface area contributed by atoms with Crippen molar-refractivity contribution in [2.75, 3.05) is 4.90 Å². The minimum absolute atomic E-state index is 0.191. The zero-order valence-corrected chi connectivity index (χ0v) is 20.1. The van der Waals surface area contributed by atoms with Crippen LogP contribution in [-0.4, -0.2) is 9.55 Å². The van der Waals surface area contributed by atoms with Crippen molar-refractivity contribution in [1.29, 1.82) is 0 Å². The van der Waals surface area contributed by atoms with Gasteiger partial charge in [-0.05, 0) is 28.3 Å². The molecule has 0 bridgehead atoms. The number of aromatic nitrogens is 2. The number of nitrogens with one attached hydrogen (secondary N) is 1. The summed E-state index contributed by atoms with van der Waals surface area (Å²) in [6, 6.07) is 22.0. The van der Waals surface area contributed by atoms with E-state index in [4.69, 9.17) is 0 Å². The highest BCUT2D eigenvalue weighted by molar-refractivity contribution is 6.02. The Bertz CT molecular complexity index is 1750. The second kappa shape index (κ2) is 9.06. The molecule has 0 unspecified atom stereocenters. The first-order valence-corrected chi connectivity index (χ1v) is 12.0. The van der Waals surface area contributed by atoms with E-state index in [1.807, 2.05) is 79.0 Å². The van der Waals surface area contributed by atoms with Crippen molar-refractivity contribution in [2.24, 2.45) is 7.05 Å². The number of rotatable bonds is 4. The van der Waals surface area contributed by atoms with Gasteiger partial charge in [-0.15, -0.1) is 0 Å².